The van der Waals surface area contributed by atoms with E-state index in [4.69, 9.17) is 0 Å². The number of benzene rings is 1. The van der Waals surface area contributed by atoms with Crippen LogP contribution in [0.2, 0.25) is 0 Å². The Labute approximate surface area is 194 Å². The van der Waals surface area contributed by atoms with Crippen molar-refractivity contribution in [3.8, 4) is 0 Å². The van der Waals surface area contributed by atoms with Crippen LogP contribution in [-0.2, 0) is 4.79 Å². The van der Waals surface area contributed by atoms with Gasteiger partial charge < -0.3 is 15.1 Å². The fourth-order valence-corrected chi connectivity index (χ4v) is 6.59. The molecular weight excluding hydrogens is 420 g/mol. The lowest BCUT2D eigenvalue weighted by Gasteiger charge is -2.41. The number of piperidine rings is 2. The highest BCUT2D eigenvalue weighted by atomic mass is 16.6. The van der Waals surface area contributed by atoms with Crippen LogP contribution in [0.4, 0.5) is 5.69 Å². The minimum atomic E-state index is -0.453. The van der Waals surface area contributed by atoms with Crippen LogP contribution in [0.25, 0.3) is 0 Å². The predicted molar refractivity (Wildman–Crippen MR) is 124 cm³/mol. The van der Waals surface area contributed by atoms with Gasteiger partial charge in [-0.25, -0.2) is 0 Å². The summed E-state index contributed by atoms with van der Waals surface area (Å²) in [5.74, 6) is 1.93. The Bertz CT molecular complexity index is 888. The third kappa shape index (κ3) is 4.76. The summed E-state index contributed by atoms with van der Waals surface area (Å²) in [5, 5.41) is 14.2. The molecule has 1 aromatic carbocycles. The molecule has 0 aromatic heterocycles. The first kappa shape index (κ1) is 22.3. The van der Waals surface area contributed by atoms with E-state index in [1.54, 1.807) is 12.1 Å². The number of likely N-dealkylation sites (tertiary alicyclic amines) is 2. The van der Waals surface area contributed by atoms with Gasteiger partial charge in [0.25, 0.3) is 11.6 Å². The van der Waals surface area contributed by atoms with Crippen molar-refractivity contribution in [3.63, 3.8) is 0 Å². The number of hydrogen-bond acceptors (Lipinski definition) is 5. The smallest absolute Gasteiger partial charge is 0.269 e. The summed E-state index contributed by atoms with van der Waals surface area (Å²) >= 11 is 0. The number of nitro groups is 1. The van der Waals surface area contributed by atoms with Gasteiger partial charge in [-0.3, -0.25) is 19.7 Å². The summed E-state index contributed by atoms with van der Waals surface area (Å²) in [4.78, 5) is 40.3. The zero-order valence-corrected chi connectivity index (χ0v) is 19.2. The highest BCUT2D eigenvalue weighted by Crippen LogP contribution is 2.44. The number of amides is 2. The van der Waals surface area contributed by atoms with Crippen molar-refractivity contribution in [2.24, 2.45) is 17.8 Å². The van der Waals surface area contributed by atoms with Crippen molar-refractivity contribution in [2.45, 2.75) is 63.5 Å². The zero-order valence-electron chi connectivity index (χ0n) is 19.2. The molecule has 1 aromatic rings. The van der Waals surface area contributed by atoms with Gasteiger partial charge in [-0.2, -0.15) is 0 Å². The number of non-ortho nitro benzene ring substituents is 1. The number of nitro benzene ring substituents is 1. The summed E-state index contributed by atoms with van der Waals surface area (Å²) in [5.41, 5.74) is 0.499. The zero-order chi connectivity index (χ0) is 22.9. The number of fused-ring (bicyclic) bond motifs is 2. The monoisotopic (exact) mass is 454 g/mol. The van der Waals surface area contributed by atoms with Gasteiger partial charge in [0.2, 0.25) is 5.91 Å². The normalized spacial score (nSPS) is 28.7. The lowest BCUT2D eigenvalue weighted by molar-refractivity contribution is -0.384. The van der Waals surface area contributed by atoms with Gasteiger partial charge in [0.15, 0.2) is 0 Å². The standard InChI is InChI=1S/C25H34N4O4/c30-24(26-23-16-17-1-2-20(23)15-17)18-7-11-27(12-8-18)21-9-13-28(14-10-21)25(31)19-3-5-22(6-4-19)29(32)33/h3-6,17-18,20-21,23H,1-2,7-16H2,(H,26,30)/t17-,20-,23-/m0/s1. The van der Waals surface area contributed by atoms with E-state index in [0.717, 1.165) is 50.6 Å². The highest BCUT2D eigenvalue weighted by Gasteiger charge is 2.41. The number of carbonyl (C=O) groups excluding carboxylic acids is 2. The van der Waals surface area contributed by atoms with E-state index in [9.17, 15) is 19.7 Å². The maximum atomic E-state index is 12.8. The third-order valence-corrected chi connectivity index (χ3v) is 8.56. The Hall–Kier alpha value is -2.48. The van der Waals surface area contributed by atoms with Crippen LogP contribution in [0.15, 0.2) is 24.3 Å². The van der Waals surface area contributed by atoms with E-state index < -0.39 is 4.92 Å². The molecule has 2 amide bonds. The Morgan fingerprint density at radius 2 is 1.61 bits per heavy atom. The summed E-state index contributed by atoms with van der Waals surface area (Å²) in [6, 6.07) is 6.74. The van der Waals surface area contributed by atoms with Crippen LogP contribution in [0.1, 0.15) is 61.7 Å². The van der Waals surface area contributed by atoms with Crippen LogP contribution in [0.5, 0.6) is 0 Å². The van der Waals surface area contributed by atoms with Crippen LogP contribution >= 0.6 is 0 Å². The number of nitrogens with zero attached hydrogens (tertiary/aromatic N) is 3. The summed E-state index contributed by atoms with van der Waals surface area (Å²) in [6.07, 6.45) is 8.86. The van der Waals surface area contributed by atoms with Crippen molar-refractivity contribution in [3.05, 3.63) is 39.9 Å². The van der Waals surface area contributed by atoms with Gasteiger partial charge in [0, 0.05) is 48.8 Å². The molecule has 2 saturated heterocycles. The van der Waals surface area contributed by atoms with E-state index in [1.807, 2.05) is 4.90 Å². The van der Waals surface area contributed by atoms with E-state index >= 15 is 0 Å². The Kier molecular flexibility index (Phi) is 6.36. The summed E-state index contributed by atoms with van der Waals surface area (Å²) < 4.78 is 0. The Balaban J connectivity index is 1.06. The molecule has 4 fully saturated rings. The first-order valence-corrected chi connectivity index (χ1v) is 12.6. The average Bonchev–Trinajstić information content (AvgIpc) is 3.47. The second-order valence-corrected chi connectivity index (χ2v) is 10.4. The molecule has 3 atom stereocenters. The minimum absolute atomic E-state index is 0.00202. The van der Waals surface area contributed by atoms with E-state index in [0.29, 0.717) is 30.7 Å². The predicted octanol–water partition coefficient (Wildman–Crippen LogP) is 3.22. The van der Waals surface area contributed by atoms with E-state index in [-0.39, 0.29) is 23.4 Å². The Morgan fingerprint density at radius 3 is 2.18 bits per heavy atom. The van der Waals surface area contributed by atoms with Crippen molar-refractivity contribution in [2.75, 3.05) is 26.2 Å². The molecule has 0 spiro atoms. The third-order valence-electron chi connectivity index (χ3n) is 8.56. The summed E-state index contributed by atoms with van der Waals surface area (Å²) in [6.45, 7) is 3.31. The van der Waals surface area contributed by atoms with Gasteiger partial charge in [-0.1, -0.05) is 6.42 Å². The molecule has 4 aliphatic rings. The molecule has 2 saturated carbocycles. The van der Waals surface area contributed by atoms with Gasteiger partial charge in [-0.15, -0.1) is 0 Å². The maximum Gasteiger partial charge on any atom is 0.269 e. The van der Waals surface area contributed by atoms with Crippen molar-refractivity contribution >= 4 is 17.5 Å². The van der Waals surface area contributed by atoms with Crippen molar-refractivity contribution in [1.82, 2.24) is 15.1 Å². The molecule has 8 nitrogen and oxygen atoms in total. The van der Waals surface area contributed by atoms with E-state index in [2.05, 4.69) is 10.2 Å². The largest absolute Gasteiger partial charge is 0.353 e. The molecule has 2 heterocycles. The topological polar surface area (TPSA) is 95.8 Å². The highest BCUT2D eigenvalue weighted by molar-refractivity contribution is 5.94. The van der Waals surface area contributed by atoms with Crippen molar-refractivity contribution < 1.29 is 14.5 Å². The molecule has 2 aliphatic carbocycles. The molecule has 1 N–H and O–H groups in total. The van der Waals surface area contributed by atoms with Crippen LogP contribution < -0.4 is 5.32 Å². The lowest BCUT2D eigenvalue weighted by Crippen LogP contribution is -2.51. The molecule has 33 heavy (non-hydrogen) atoms. The number of nitrogens with one attached hydrogen (secondary N) is 1. The fourth-order valence-electron chi connectivity index (χ4n) is 6.59. The van der Waals surface area contributed by atoms with Crippen LogP contribution in [-0.4, -0.2) is 64.8 Å². The molecule has 8 heteroatoms. The molecule has 2 aliphatic heterocycles. The van der Waals surface area contributed by atoms with Gasteiger partial charge in [0.1, 0.15) is 0 Å². The second kappa shape index (κ2) is 9.41. The number of hydrogen-bond donors (Lipinski definition) is 1. The van der Waals surface area contributed by atoms with Crippen molar-refractivity contribution in [1.29, 1.82) is 0 Å². The minimum Gasteiger partial charge on any atom is -0.353 e. The van der Waals surface area contributed by atoms with E-state index in [1.165, 1.54) is 37.8 Å². The van der Waals surface area contributed by atoms with Crippen LogP contribution in [0, 0.1) is 27.9 Å². The SMILES string of the molecule is O=C(N[C@H]1C[C@H]2CC[C@H]1C2)C1CCN(C2CCN(C(=O)c3ccc([N+](=O)[O-])cc3)CC2)CC1. The lowest BCUT2D eigenvalue weighted by atomic mass is 9.91. The van der Waals surface area contributed by atoms with Crippen LogP contribution in [0.3, 0.4) is 0 Å². The average molecular weight is 455 g/mol. The van der Waals surface area contributed by atoms with Gasteiger partial charge in [-0.05, 0) is 82.0 Å². The van der Waals surface area contributed by atoms with Gasteiger partial charge in [0.05, 0.1) is 4.92 Å². The first-order chi connectivity index (χ1) is 16.0. The molecular formula is C25H34N4O4. The molecule has 2 bridgehead atoms. The second-order valence-electron chi connectivity index (χ2n) is 10.4. The summed E-state index contributed by atoms with van der Waals surface area (Å²) in [7, 11) is 0. The fraction of sp³-hybridized carbons (Fsp3) is 0.680. The number of carbonyl (C=O) groups is 2. The molecule has 0 unspecified atom stereocenters. The maximum absolute atomic E-state index is 12.8. The first-order valence-electron chi connectivity index (χ1n) is 12.6. The molecule has 0 radical (unpaired) electrons. The Morgan fingerprint density at radius 1 is 0.909 bits per heavy atom. The van der Waals surface area contributed by atoms with Gasteiger partial charge >= 0.3 is 0 Å². The quantitative estimate of drug-likeness (QED) is 0.544. The number of rotatable bonds is 5. The molecule has 178 valence electrons. The molecule has 5 rings (SSSR count).